The highest BCUT2D eigenvalue weighted by Gasteiger charge is 2.12. The molecule has 0 bridgehead atoms. The van der Waals surface area contributed by atoms with Crippen LogP contribution in [0.1, 0.15) is 30.3 Å². The van der Waals surface area contributed by atoms with Crippen LogP contribution in [0.2, 0.25) is 0 Å². The Morgan fingerprint density at radius 1 is 1.35 bits per heavy atom. The number of aromatic nitrogens is 3. The third kappa shape index (κ3) is 2.50. The summed E-state index contributed by atoms with van der Waals surface area (Å²) in [5.74, 6) is 0.418. The zero-order valence-electron chi connectivity index (χ0n) is 10.2. The molecular weight excluding hydrogens is 234 g/mol. The normalized spacial score (nSPS) is 10.8. The van der Waals surface area contributed by atoms with Crippen molar-refractivity contribution in [2.45, 2.75) is 32.6 Å². The highest BCUT2D eigenvalue weighted by Crippen LogP contribution is 2.17. The summed E-state index contributed by atoms with van der Waals surface area (Å²) in [7, 11) is 0. The van der Waals surface area contributed by atoms with Crippen molar-refractivity contribution in [1.29, 1.82) is 0 Å². The maximum absolute atomic E-state index is 5.88. The van der Waals surface area contributed by atoms with Gasteiger partial charge in [0.05, 0.1) is 17.3 Å². The standard InChI is InChI=1S/C13H16ClN3/c1-3-5-13-12(9-14)15-16-17(13)11-7-4-6-10(2)8-11/h4,6-8H,3,5,9H2,1-2H3. The lowest BCUT2D eigenvalue weighted by molar-refractivity contribution is 0.745. The molecule has 4 heteroatoms. The number of benzene rings is 1. The lowest BCUT2D eigenvalue weighted by Gasteiger charge is -2.07. The summed E-state index contributed by atoms with van der Waals surface area (Å²) in [5, 5.41) is 8.34. The molecule has 0 amide bonds. The average Bonchev–Trinajstić information content (AvgIpc) is 2.72. The number of hydrogen-bond donors (Lipinski definition) is 0. The van der Waals surface area contributed by atoms with Crippen molar-refractivity contribution in [3.8, 4) is 5.69 Å². The van der Waals surface area contributed by atoms with E-state index in [-0.39, 0.29) is 0 Å². The van der Waals surface area contributed by atoms with Crippen molar-refractivity contribution >= 4 is 11.6 Å². The van der Waals surface area contributed by atoms with Crippen LogP contribution in [0.25, 0.3) is 5.69 Å². The van der Waals surface area contributed by atoms with E-state index in [9.17, 15) is 0 Å². The fraction of sp³-hybridized carbons (Fsp3) is 0.385. The number of halogens is 1. The van der Waals surface area contributed by atoms with Gasteiger partial charge >= 0.3 is 0 Å². The number of aryl methyl sites for hydroxylation is 1. The molecule has 0 saturated carbocycles. The molecule has 1 heterocycles. The molecule has 0 aliphatic rings. The van der Waals surface area contributed by atoms with E-state index in [4.69, 9.17) is 11.6 Å². The lowest BCUT2D eigenvalue weighted by Crippen LogP contribution is -2.03. The van der Waals surface area contributed by atoms with Crippen molar-refractivity contribution in [1.82, 2.24) is 15.0 Å². The fourth-order valence-corrected chi connectivity index (χ4v) is 2.10. The van der Waals surface area contributed by atoms with E-state index in [1.54, 1.807) is 0 Å². The number of alkyl halides is 1. The monoisotopic (exact) mass is 249 g/mol. The van der Waals surface area contributed by atoms with E-state index in [0.29, 0.717) is 5.88 Å². The van der Waals surface area contributed by atoms with Crippen LogP contribution in [0, 0.1) is 6.92 Å². The zero-order chi connectivity index (χ0) is 12.3. The van der Waals surface area contributed by atoms with Crippen molar-refractivity contribution in [3.05, 3.63) is 41.2 Å². The first-order chi connectivity index (χ1) is 8.26. The van der Waals surface area contributed by atoms with Crippen LogP contribution in [-0.2, 0) is 12.3 Å². The Balaban J connectivity index is 2.47. The number of nitrogens with zero attached hydrogens (tertiary/aromatic N) is 3. The topological polar surface area (TPSA) is 30.7 Å². The molecule has 90 valence electrons. The molecule has 0 N–H and O–H groups in total. The van der Waals surface area contributed by atoms with Crippen molar-refractivity contribution in [2.24, 2.45) is 0 Å². The number of hydrogen-bond acceptors (Lipinski definition) is 2. The second-order valence-electron chi connectivity index (χ2n) is 4.12. The molecule has 0 fully saturated rings. The molecular formula is C13H16ClN3. The summed E-state index contributed by atoms with van der Waals surface area (Å²) in [4.78, 5) is 0. The molecule has 0 radical (unpaired) electrons. The Kier molecular flexibility index (Phi) is 3.79. The Labute approximate surface area is 106 Å². The summed E-state index contributed by atoms with van der Waals surface area (Å²) < 4.78 is 1.90. The van der Waals surface area contributed by atoms with E-state index in [0.717, 1.165) is 29.9 Å². The van der Waals surface area contributed by atoms with E-state index in [1.807, 2.05) is 16.8 Å². The Hall–Kier alpha value is -1.35. The lowest BCUT2D eigenvalue weighted by atomic mass is 10.2. The molecule has 17 heavy (non-hydrogen) atoms. The molecule has 0 spiro atoms. The molecule has 0 aliphatic heterocycles. The van der Waals surface area contributed by atoms with Crippen LogP contribution in [0.5, 0.6) is 0 Å². The van der Waals surface area contributed by atoms with E-state index >= 15 is 0 Å². The van der Waals surface area contributed by atoms with Crippen molar-refractivity contribution in [3.63, 3.8) is 0 Å². The molecule has 1 aromatic heterocycles. The van der Waals surface area contributed by atoms with Gasteiger partial charge in [-0.1, -0.05) is 30.7 Å². The van der Waals surface area contributed by atoms with Gasteiger partial charge in [-0.15, -0.1) is 16.7 Å². The molecule has 0 atom stereocenters. The van der Waals surface area contributed by atoms with Gasteiger partial charge in [-0.2, -0.15) is 0 Å². The van der Waals surface area contributed by atoms with Gasteiger partial charge in [0.25, 0.3) is 0 Å². The van der Waals surface area contributed by atoms with Gasteiger partial charge in [0.2, 0.25) is 0 Å². The van der Waals surface area contributed by atoms with Gasteiger partial charge in [-0.05, 0) is 31.0 Å². The van der Waals surface area contributed by atoms with Crippen LogP contribution >= 0.6 is 11.6 Å². The minimum atomic E-state index is 0.418. The smallest absolute Gasteiger partial charge is 0.101 e. The Morgan fingerprint density at radius 2 is 2.18 bits per heavy atom. The van der Waals surface area contributed by atoms with Crippen LogP contribution in [-0.4, -0.2) is 15.0 Å². The predicted molar refractivity (Wildman–Crippen MR) is 69.6 cm³/mol. The maximum atomic E-state index is 5.88. The third-order valence-corrected chi connectivity index (χ3v) is 2.96. The van der Waals surface area contributed by atoms with Crippen molar-refractivity contribution in [2.75, 3.05) is 0 Å². The van der Waals surface area contributed by atoms with Gasteiger partial charge in [-0.25, -0.2) is 4.68 Å². The van der Waals surface area contributed by atoms with E-state index in [2.05, 4.69) is 36.3 Å². The Morgan fingerprint density at radius 3 is 2.82 bits per heavy atom. The summed E-state index contributed by atoms with van der Waals surface area (Å²) in [6.07, 6.45) is 2.01. The van der Waals surface area contributed by atoms with E-state index in [1.165, 1.54) is 5.56 Å². The zero-order valence-corrected chi connectivity index (χ0v) is 10.9. The number of rotatable bonds is 4. The Bertz CT molecular complexity index is 505. The van der Waals surface area contributed by atoms with Gasteiger partial charge in [0.15, 0.2) is 0 Å². The average molecular weight is 250 g/mol. The predicted octanol–water partition coefficient (Wildman–Crippen LogP) is 3.27. The maximum Gasteiger partial charge on any atom is 0.101 e. The minimum absolute atomic E-state index is 0.418. The molecule has 2 aromatic rings. The molecule has 1 aromatic carbocycles. The van der Waals surface area contributed by atoms with Crippen LogP contribution in [0.4, 0.5) is 0 Å². The summed E-state index contributed by atoms with van der Waals surface area (Å²) in [6, 6.07) is 8.25. The first kappa shape index (κ1) is 12.1. The van der Waals surface area contributed by atoms with Crippen molar-refractivity contribution < 1.29 is 0 Å². The minimum Gasteiger partial charge on any atom is -0.217 e. The quantitative estimate of drug-likeness (QED) is 0.779. The summed E-state index contributed by atoms with van der Waals surface area (Å²) in [6.45, 7) is 4.22. The second kappa shape index (κ2) is 5.32. The molecule has 0 saturated heterocycles. The molecule has 0 aliphatic carbocycles. The van der Waals surface area contributed by atoms with Gasteiger partial charge in [0, 0.05) is 0 Å². The summed E-state index contributed by atoms with van der Waals surface area (Å²) in [5.41, 5.74) is 4.27. The first-order valence-corrected chi connectivity index (χ1v) is 6.36. The molecule has 0 unspecified atom stereocenters. The molecule has 2 rings (SSSR count). The van der Waals surface area contributed by atoms with Crippen LogP contribution < -0.4 is 0 Å². The first-order valence-electron chi connectivity index (χ1n) is 5.82. The van der Waals surface area contributed by atoms with Gasteiger partial charge < -0.3 is 0 Å². The second-order valence-corrected chi connectivity index (χ2v) is 4.38. The van der Waals surface area contributed by atoms with Gasteiger partial charge in [0.1, 0.15) is 5.69 Å². The van der Waals surface area contributed by atoms with Gasteiger partial charge in [-0.3, -0.25) is 0 Å². The highest BCUT2D eigenvalue weighted by molar-refractivity contribution is 6.16. The van der Waals surface area contributed by atoms with E-state index < -0.39 is 0 Å². The SMILES string of the molecule is CCCc1c(CCl)nnn1-c1cccc(C)c1. The fourth-order valence-electron chi connectivity index (χ4n) is 1.89. The van der Waals surface area contributed by atoms with Crippen LogP contribution in [0.3, 0.4) is 0 Å². The largest absolute Gasteiger partial charge is 0.217 e. The molecule has 3 nitrogen and oxygen atoms in total. The summed E-state index contributed by atoms with van der Waals surface area (Å²) >= 11 is 5.88. The third-order valence-electron chi connectivity index (χ3n) is 2.70. The highest BCUT2D eigenvalue weighted by atomic mass is 35.5. The van der Waals surface area contributed by atoms with Crippen LogP contribution in [0.15, 0.2) is 24.3 Å².